The number of carbonyl (C=O) groups is 4. The first kappa shape index (κ1) is 27.8. The van der Waals surface area contributed by atoms with E-state index < -0.39 is 24.1 Å². The van der Waals surface area contributed by atoms with Gasteiger partial charge in [-0.3, -0.25) is 4.79 Å². The van der Waals surface area contributed by atoms with Crippen LogP contribution in [-0.4, -0.2) is 30.7 Å². The van der Waals surface area contributed by atoms with Crippen LogP contribution in [0.5, 0.6) is 17.2 Å². The summed E-state index contributed by atoms with van der Waals surface area (Å²) in [5, 5.41) is 0. The molecular formula is C31H26O9. The van der Waals surface area contributed by atoms with Crippen molar-refractivity contribution >= 4 is 24.1 Å². The van der Waals surface area contributed by atoms with Gasteiger partial charge in [0.15, 0.2) is 0 Å². The number of fused-ring (bicyclic) bond motifs is 3. The third kappa shape index (κ3) is 6.63. The Balaban J connectivity index is 1.37. The van der Waals surface area contributed by atoms with Crippen LogP contribution in [0.2, 0.25) is 0 Å². The summed E-state index contributed by atoms with van der Waals surface area (Å²) in [6, 6.07) is 16.7. The quantitative estimate of drug-likeness (QED) is 0.0747. The van der Waals surface area contributed by atoms with Crippen molar-refractivity contribution in [1.29, 1.82) is 0 Å². The Morgan fingerprint density at radius 3 is 2.10 bits per heavy atom. The van der Waals surface area contributed by atoms with Crippen LogP contribution in [0.3, 0.4) is 0 Å². The number of ether oxygens (including phenoxy) is 5. The molecule has 0 saturated heterocycles. The molecule has 0 aromatic heterocycles. The number of rotatable bonds is 10. The van der Waals surface area contributed by atoms with Crippen LogP contribution in [0.15, 0.2) is 86.2 Å². The van der Waals surface area contributed by atoms with Gasteiger partial charge < -0.3 is 23.7 Å². The van der Waals surface area contributed by atoms with Gasteiger partial charge in [-0.05, 0) is 77.2 Å². The molecule has 204 valence electrons. The number of benzene rings is 3. The molecule has 0 radical (unpaired) electrons. The highest BCUT2D eigenvalue weighted by atomic mass is 16.7. The zero-order chi connectivity index (χ0) is 28.6. The zero-order valence-corrected chi connectivity index (χ0v) is 21.7. The fourth-order valence-corrected chi connectivity index (χ4v) is 4.22. The summed E-state index contributed by atoms with van der Waals surface area (Å²) in [7, 11) is 0. The van der Waals surface area contributed by atoms with Gasteiger partial charge in [0, 0.05) is 18.4 Å². The van der Waals surface area contributed by atoms with Gasteiger partial charge in [-0.1, -0.05) is 32.2 Å². The molecule has 40 heavy (non-hydrogen) atoms. The third-order valence-corrected chi connectivity index (χ3v) is 6.11. The summed E-state index contributed by atoms with van der Waals surface area (Å²) >= 11 is 0. The Morgan fingerprint density at radius 1 is 0.800 bits per heavy atom. The highest BCUT2D eigenvalue weighted by Crippen LogP contribution is 2.46. The monoisotopic (exact) mass is 542 g/mol. The lowest BCUT2D eigenvalue weighted by Gasteiger charge is -2.10. The van der Waals surface area contributed by atoms with E-state index in [1.165, 1.54) is 24.3 Å². The summed E-state index contributed by atoms with van der Waals surface area (Å²) in [5.41, 5.74) is 4.17. The van der Waals surface area contributed by atoms with E-state index in [4.69, 9.17) is 18.9 Å². The molecule has 9 heteroatoms. The van der Waals surface area contributed by atoms with E-state index in [1.54, 1.807) is 24.3 Å². The predicted octanol–water partition coefficient (Wildman–Crippen LogP) is 6.11. The van der Waals surface area contributed by atoms with Gasteiger partial charge in [0.2, 0.25) is 0 Å². The second-order valence-corrected chi connectivity index (χ2v) is 8.72. The van der Waals surface area contributed by atoms with Gasteiger partial charge in [0.25, 0.3) is 0 Å². The minimum absolute atomic E-state index is 0.00362. The van der Waals surface area contributed by atoms with Crippen molar-refractivity contribution < 1.29 is 42.9 Å². The Hall–Kier alpha value is -5.18. The van der Waals surface area contributed by atoms with Gasteiger partial charge >= 0.3 is 24.1 Å². The SMILES string of the molecule is C=COC(=O)CCCOC(=O)Oc1ccc2c(c1)C(C)c1cc(C(=O)Oc3ccc(OC(=O)C=C)cc3)ccc1-2. The maximum atomic E-state index is 12.8. The Bertz CT molecular complexity index is 1470. The lowest BCUT2D eigenvalue weighted by Crippen LogP contribution is -2.12. The molecule has 1 unspecified atom stereocenters. The van der Waals surface area contributed by atoms with Gasteiger partial charge in [-0.25, -0.2) is 14.4 Å². The fourth-order valence-electron chi connectivity index (χ4n) is 4.22. The molecule has 3 aromatic rings. The van der Waals surface area contributed by atoms with Crippen LogP contribution < -0.4 is 14.2 Å². The molecular weight excluding hydrogens is 516 g/mol. The normalized spacial score (nSPS) is 12.8. The van der Waals surface area contributed by atoms with E-state index in [-0.39, 0.29) is 18.9 Å². The van der Waals surface area contributed by atoms with E-state index in [9.17, 15) is 19.2 Å². The molecule has 1 atom stereocenters. The molecule has 1 aliphatic carbocycles. The third-order valence-electron chi connectivity index (χ3n) is 6.11. The van der Waals surface area contributed by atoms with E-state index in [2.05, 4.69) is 17.9 Å². The van der Waals surface area contributed by atoms with E-state index >= 15 is 0 Å². The van der Waals surface area contributed by atoms with Gasteiger partial charge in [-0.15, -0.1) is 0 Å². The van der Waals surface area contributed by atoms with Crippen LogP contribution in [0.1, 0.15) is 47.2 Å². The fraction of sp³-hybridized carbons (Fsp3) is 0.161. The van der Waals surface area contributed by atoms with Crippen LogP contribution in [-0.2, 0) is 19.1 Å². The summed E-state index contributed by atoms with van der Waals surface area (Å²) < 4.78 is 25.4. The van der Waals surface area contributed by atoms with Crippen molar-refractivity contribution in [1.82, 2.24) is 0 Å². The topological polar surface area (TPSA) is 114 Å². The van der Waals surface area contributed by atoms with Gasteiger partial charge in [-0.2, -0.15) is 0 Å². The molecule has 4 rings (SSSR count). The maximum Gasteiger partial charge on any atom is 0.513 e. The minimum Gasteiger partial charge on any atom is -0.435 e. The molecule has 0 fully saturated rings. The van der Waals surface area contributed by atoms with Crippen molar-refractivity contribution in [3.8, 4) is 28.4 Å². The Kier molecular flexibility index (Phi) is 8.75. The molecule has 1 aliphatic rings. The number of esters is 3. The summed E-state index contributed by atoms with van der Waals surface area (Å²) in [6.07, 6.45) is 1.60. The minimum atomic E-state index is -0.878. The molecule has 9 nitrogen and oxygen atoms in total. The average Bonchev–Trinajstić information content (AvgIpc) is 3.22. The highest BCUT2D eigenvalue weighted by Gasteiger charge is 2.27. The Morgan fingerprint density at radius 2 is 1.43 bits per heavy atom. The molecule has 3 aromatic carbocycles. The van der Waals surface area contributed by atoms with E-state index in [0.29, 0.717) is 29.2 Å². The molecule has 0 N–H and O–H groups in total. The molecule has 0 heterocycles. The standard InChI is InChI=1S/C31H26O9/c1-4-28(32)38-21-9-11-22(12-10-21)39-30(34)20-8-14-24-25-15-13-23(18-27(25)19(3)26(24)17-20)40-31(35)37-16-6-7-29(33)36-5-2/h4-5,8-15,17-19H,1-2,6-7,16H2,3H3. The zero-order valence-electron chi connectivity index (χ0n) is 21.7. The second-order valence-electron chi connectivity index (χ2n) is 8.72. The second kappa shape index (κ2) is 12.6. The van der Waals surface area contributed by atoms with Gasteiger partial charge in [0.1, 0.15) is 17.2 Å². The van der Waals surface area contributed by atoms with Crippen LogP contribution >= 0.6 is 0 Å². The Labute approximate surface area is 230 Å². The maximum absolute atomic E-state index is 12.8. The van der Waals surface area contributed by atoms with Crippen molar-refractivity contribution in [3.63, 3.8) is 0 Å². The molecule has 0 saturated carbocycles. The van der Waals surface area contributed by atoms with Crippen LogP contribution in [0.4, 0.5) is 4.79 Å². The largest absolute Gasteiger partial charge is 0.513 e. The average molecular weight is 543 g/mol. The lowest BCUT2D eigenvalue weighted by atomic mass is 9.98. The highest BCUT2D eigenvalue weighted by molar-refractivity contribution is 5.93. The summed E-state index contributed by atoms with van der Waals surface area (Å²) in [5.74, 6) is -0.744. The van der Waals surface area contributed by atoms with Crippen molar-refractivity contribution in [2.75, 3.05) is 6.61 Å². The van der Waals surface area contributed by atoms with Gasteiger partial charge in [0.05, 0.1) is 18.4 Å². The van der Waals surface area contributed by atoms with Crippen molar-refractivity contribution in [3.05, 3.63) is 103 Å². The molecule has 0 spiro atoms. The summed E-state index contributed by atoms with van der Waals surface area (Å²) in [4.78, 5) is 47.5. The van der Waals surface area contributed by atoms with Crippen LogP contribution in [0.25, 0.3) is 11.1 Å². The van der Waals surface area contributed by atoms with E-state index in [1.807, 2.05) is 19.1 Å². The predicted molar refractivity (Wildman–Crippen MR) is 144 cm³/mol. The number of hydrogen-bond donors (Lipinski definition) is 0. The number of carbonyl (C=O) groups excluding carboxylic acids is 4. The van der Waals surface area contributed by atoms with Crippen LogP contribution in [0, 0.1) is 0 Å². The smallest absolute Gasteiger partial charge is 0.435 e. The lowest BCUT2D eigenvalue weighted by molar-refractivity contribution is -0.138. The van der Waals surface area contributed by atoms with Crippen molar-refractivity contribution in [2.24, 2.45) is 0 Å². The first-order valence-corrected chi connectivity index (χ1v) is 12.4. The number of hydrogen-bond acceptors (Lipinski definition) is 9. The summed E-state index contributed by atoms with van der Waals surface area (Å²) in [6.45, 7) is 8.64. The molecule has 0 amide bonds. The molecule has 0 bridgehead atoms. The first-order valence-electron chi connectivity index (χ1n) is 12.4. The van der Waals surface area contributed by atoms with E-state index in [0.717, 1.165) is 34.6 Å². The van der Waals surface area contributed by atoms with Crippen molar-refractivity contribution in [2.45, 2.75) is 25.7 Å². The molecule has 0 aliphatic heterocycles. The first-order chi connectivity index (χ1) is 19.3.